The van der Waals surface area contributed by atoms with Crippen LogP contribution in [-0.2, 0) is 0 Å². The Morgan fingerprint density at radius 2 is 1.05 bits per heavy atom. The summed E-state index contributed by atoms with van der Waals surface area (Å²) in [5, 5.41) is 8.94. The summed E-state index contributed by atoms with van der Waals surface area (Å²) in [6, 6.07) is 70.4. The lowest BCUT2D eigenvalue weighted by molar-refractivity contribution is 0.643. The highest BCUT2D eigenvalue weighted by atomic mass is 15.0. The summed E-state index contributed by atoms with van der Waals surface area (Å²) in [5.74, 6) is 0. The van der Waals surface area contributed by atoms with Gasteiger partial charge in [-0.1, -0.05) is 152 Å². The summed E-state index contributed by atoms with van der Waals surface area (Å²) in [5.41, 5.74) is 15.3. The van der Waals surface area contributed by atoms with Gasteiger partial charge < -0.3 is 14.5 Å². The number of nitrogens with zero attached hydrogens (tertiary/aromatic N) is 2. The molecule has 11 rings (SSSR count). The molecule has 0 spiro atoms. The third-order valence-corrected chi connectivity index (χ3v) is 11.9. The average Bonchev–Trinajstić information content (AvgIpc) is 3.80. The molecule has 1 aliphatic carbocycles. The molecule has 276 valence electrons. The summed E-state index contributed by atoms with van der Waals surface area (Å²) in [7, 11) is 0. The maximum Gasteiger partial charge on any atom is 0.0641 e. The zero-order valence-electron chi connectivity index (χ0n) is 32.3. The molecule has 2 aromatic heterocycles. The Bertz CT molecular complexity index is 3210. The van der Waals surface area contributed by atoms with Gasteiger partial charge in [-0.25, -0.2) is 0 Å². The minimum Gasteiger partial charge on any atom is -0.376 e. The quantitative estimate of drug-likeness (QED) is 0.172. The average molecular weight is 744 g/mol. The third kappa shape index (κ3) is 5.66. The molecule has 0 saturated heterocycles. The van der Waals surface area contributed by atoms with Gasteiger partial charge in [0.2, 0.25) is 0 Å². The normalized spacial score (nSPS) is 15.4. The number of anilines is 1. The lowest BCUT2D eigenvalue weighted by atomic mass is 9.87. The Balaban J connectivity index is 1.07. The van der Waals surface area contributed by atoms with Crippen molar-refractivity contribution in [3.63, 3.8) is 0 Å². The second-order valence-corrected chi connectivity index (χ2v) is 15.7. The van der Waals surface area contributed by atoms with Crippen molar-refractivity contribution in [1.82, 2.24) is 9.13 Å². The highest BCUT2D eigenvalue weighted by molar-refractivity contribution is 6.26. The zero-order valence-corrected chi connectivity index (χ0v) is 32.3. The van der Waals surface area contributed by atoms with Gasteiger partial charge in [0.1, 0.15) is 0 Å². The predicted molar refractivity (Wildman–Crippen MR) is 246 cm³/mol. The second-order valence-electron chi connectivity index (χ2n) is 15.7. The molecule has 10 aromatic rings. The first-order valence-electron chi connectivity index (χ1n) is 20.2. The number of para-hydroxylation sites is 3. The molecule has 1 unspecified atom stereocenters. The van der Waals surface area contributed by atoms with E-state index in [2.05, 4.69) is 234 Å². The van der Waals surface area contributed by atoms with Crippen LogP contribution in [0.25, 0.3) is 82.8 Å². The number of benzene rings is 8. The van der Waals surface area contributed by atoms with Gasteiger partial charge in [0.05, 0.1) is 27.6 Å². The van der Waals surface area contributed by atoms with Crippen molar-refractivity contribution >= 4 is 54.9 Å². The van der Waals surface area contributed by atoms with Crippen LogP contribution in [0.4, 0.5) is 5.69 Å². The van der Waals surface area contributed by atoms with Crippen molar-refractivity contribution in [1.29, 1.82) is 0 Å². The molecule has 3 heteroatoms. The van der Waals surface area contributed by atoms with Crippen LogP contribution in [0.2, 0.25) is 0 Å². The van der Waals surface area contributed by atoms with Gasteiger partial charge in [0.15, 0.2) is 0 Å². The van der Waals surface area contributed by atoms with Crippen LogP contribution in [0.15, 0.2) is 212 Å². The molecular formula is C55H41N3. The summed E-state index contributed by atoms with van der Waals surface area (Å²) in [6.07, 6.45) is 7.83. The smallest absolute Gasteiger partial charge is 0.0641 e. The number of hydrogen-bond acceptors (Lipinski definition) is 1. The standard InChI is InChI=1S/C55H41N3/c1-55(34-32-39(33-35-55)38-16-6-2-7-17-38)56-49-29-26-41(36-47(49)40-18-8-3-9-19-40)42-27-30-51-48(37-42)45-28-31-52-53(54(45)58(51)44-22-12-5-13-23-44)46-24-14-15-25-50(46)57(52)43-20-10-4-11-21-43/h2-34,36-37,56H,35H2,1H3. The number of hydrogen-bond donors (Lipinski definition) is 1. The fraction of sp³-hybridized carbons (Fsp3) is 0.0545. The SMILES string of the molecule is CC1(Nc2ccc(-c3ccc4c(c3)c3ccc5c(c6ccccc6n5-c5ccccc5)c3n4-c3ccccc3)cc2-c2ccccc2)C=CC(c2ccccc2)=CC1. The van der Waals surface area contributed by atoms with Gasteiger partial charge in [-0.3, -0.25) is 0 Å². The van der Waals surface area contributed by atoms with Crippen molar-refractivity contribution < 1.29 is 0 Å². The van der Waals surface area contributed by atoms with E-state index in [-0.39, 0.29) is 5.54 Å². The number of rotatable bonds is 7. The molecule has 0 radical (unpaired) electrons. The number of aromatic nitrogens is 2. The van der Waals surface area contributed by atoms with Gasteiger partial charge in [0, 0.05) is 44.2 Å². The summed E-state index contributed by atoms with van der Waals surface area (Å²) in [4.78, 5) is 0. The molecule has 8 aromatic carbocycles. The van der Waals surface area contributed by atoms with Gasteiger partial charge >= 0.3 is 0 Å². The highest BCUT2D eigenvalue weighted by Gasteiger charge is 2.25. The summed E-state index contributed by atoms with van der Waals surface area (Å²) in [6.45, 7) is 2.29. The summed E-state index contributed by atoms with van der Waals surface area (Å²) >= 11 is 0. The fourth-order valence-electron chi connectivity index (χ4n) is 9.11. The maximum absolute atomic E-state index is 3.96. The molecule has 0 aliphatic heterocycles. The zero-order chi connectivity index (χ0) is 38.6. The second kappa shape index (κ2) is 13.7. The molecule has 1 atom stereocenters. The maximum atomic E-state index is 3.96. The minimum atomic E-state index is -0.226. The first kappa shape index (κ1) is 33.9. The number of fused-ring (bicyclic) bond motifs is 7. The van der Waals surface area contributed by atoms with Crippen LogP contribution in [0.5, 0.6) is 0 Å². The highest BCUT2D eigenvalue weighted by Crippen LogP contribution is 2.44. The lowest BCUT2D eigenvalue weighted by Crippen LogP contribution is -2.33. The topological polar surface area (TPSA) is 21.9 Å². The van der Waals surface area contributed by atoms with Crippen LogP contribution < -0.4 is 5.32 Å². The van der Waals surface area contributed by atoms with Crippen molar-refractivity contribution in [3.05, 3.63) is 218 Å². The van der Waals surface area contributed by atoms with Crippen molar-refractivity contribution in [2.45, 2.75) is 18.9 Å². The monoisotopic (exact) mass is 743 g/mol. The Labute approximate surface area is 338 Å². The van der Waals surface area contributed by atoms with E-state index in [0.717, 1.165) is 23.5 Å². The molecule has 0 fully saturated rings. The van der Waals surface area contributed by atoms with Crippen LogP contribution in [-0.4, -0.2) is 14.7 Å². The predicted octanol–water partition coefficient (Wildman–Crippen LogP) is 14.4. The molecule has 0 bridgehead atoms. The van der Waals surface area contributed by atoms with Gasteiger partial charge in [-0.05, 0) is 102 Å². The van der Waals surface area contributed by atoms with E-state index in [1.165, 1.54) is 77.0 Å². The third-order valence-electron chi connectivity index (χ3n) is 11.9. The van der Waals surface area contributed by atoms with Crippen LogP contribution in [0, 0.1) is 0 Å². The molecule has 0 amide bonds. The molecule has 58 heavy (non-hydrogen) atoms. The van der Waals surface area contributed by atoms with E-state index in [1.54, 1.807) is 0 Å². The van der Waals surface area contributed by atoms with Crippen LogP contribution >= 0.6 is 0 Å². The van der Waals surface area contributed by atoms with Crippen LogP contribution in [0.1, 0.15) is 18.9 Å². The Kier molecular flexibility index (Phi) is 8.01. The largest absolute Gasteiger partial charge is 0.376 e. The van der Waals surface area contributed by atoms with Gasteiger partial charge in [-0.15, -0.1) is 0 Å². The Morgan fingerprint density at radius 3 is 1.76 bits per heavy atom. The molecule has 1 aliphatic rings. The molecule has 3 nitrogen and oxygen atoms in total. The van der Waals surface area contributed by atoms with E-state index in [1.807, 2.05) is 0 Å². The van der Waals surface area contributed by atoms with Gasteiger partial charge in [-0.2, -0.15) is 0 Å². The molecule has 1 N–H and O–H groups in total. The van der Waals surface area contributed by atoms with E-state index in [0.29, 0.717) is 0 Å². The van der Waals surface area contributed by atoms with Crippen molar-refractivity contribution in [2.75, 3.05) is 5.32 Å². The summed E-state index contributed by atoms with van der Waals surface area (Å²) < 4.78 is 4.88. The Morgan fingerprint density at radius 1 is 0.466 bits per heavy atom. The number of allylic oxidation sites excluding steroid dienone is 2. The first-order chi connectivity index (χ1) is 28.6. The van der Waals surface area contributed by atoms with Gasteiger partial charge in [0.25, 0.3) is 0 Å². The van der Waals surface area contributed by atoms with Crippen LogP contribution in [0.3, 0.4) is 0 Å². The molecule has 2 heterocycles. The first-order valence-corrected chi connectivity index (χ1v) is 20.2. The lowest BCUT2D eigenvalue weighted by Gasteiger charge is -2.32. The molecular weight excluding hydrogens is 703 g/mol. The number of nitrogens with one attached hydrogen (secondary N) is 1. The van der Waals surface area contributed by atoms with E-state index >= 15 is 0 Å². The van der Waals surface area contributed by atoms with Crippen molar-refractivity contribution in [3.8, 4) is 33.6 Å². The molecule has 0 saturated carbocycles. The van der Waals surface area contributed by atoms with E-state index < -0.39 is 0 Å². The fourth-order valence-corrected chi connectivity index (χ4v) is 9.11. The van der Waals surface area contributed by atoms with Crippen molar-refractivity contribution in [2.24, 2.45) is 0 Å². The van der Waals surface area contributed by atoms with E-state index in [9.17, 15) is 0 Å². The van der Waals surface area contributed by atoms with E-state index in [4.69, 9.17) is 0 Å². The minimum absolute atomic E-state index is 0.226. The Hall–Kier alpha value is -7.36.